The maximum atomic E-state index is 13.2. The van der Waals surface area contributed by atoms with Crippen LogP contribution in [0.3, 0.4) is 0 Å². The van der Waals surface area contributed by atoms with E-state index < -0.39 is 16.4 Å². The number of nitro benzene ring substituents is 1. The average molecular weight is 212 g/mol. The molecule has 0 bridgehead atoms. The van der Waals surface area contributed by atoms with Gasteiger partial charge in [-0.25, -0.2) is 0 Å². The Morgan fingerprint density at radius 1 is 1.53 bits per heavy atom. The molecule has 0 heterocycles. The average Bonchev–Trinajstić information content (AvgIpc) is 2.94. The number of rotatable bonds is 3. The van der Waals surface area contributed by atoms with Crippen LogP contribution in [0.2, 0.25) is 0 Å². The maximum absolute atomic E-state index is 13.2. The highest BCUT2D eigenvalue weighted by atomic mass is 19.1. The number of ether oxygens (including phenoxy) is 1. The molecule has 1 fully saturated rings. The number of nitrogen functional groups attached to an aromatic ring is 1. The van der Waals surface area contributed by atoms with Crippen molar-refractivity contribution in [2.75, 3.05) is 5.73 Å². The van der Waals surface area contributed by atoms with Crippen LogP contribution in [0.5, 0.6) is 5.75 Å². The molecule has 1 aliphatic rings. The molecule has 0 aliphatic heterocycles. The van der Waals surface area contributed by atoms with Crippen molar-refractivity contribution in [3.8, 4) is 5.75 Å². The van der Waals surface area contributed by atoms with E-state index in [9.17, 15) is 14.5 Å². The van der Waals surface area contributed by atoms with Crippen LogP contribution in [0.15, 0.2) is 12.1 Å². The number of benzene rings is 1. The fraction of sp³-hybridized carbons (Fsp3) is 0.333. The van der Waals surface area contributed by atoms with Crippen LogP contribution in [0.1, 0.15) is 12.8 Å². The highest BCUT2D eigenvalue weighted by molar-refractivity contribution is 5.59. The number of nitro groups is 1. The van der Waals surface area contributed by atoms with Gasteiger partial charge in [0.05, 0.1) is 16.7 Å². The summed E-state index contributed by atoms with van der Waals surface area (Å²) in [7, 11) is 0. The van der Waals surface area contributed by atoms with Gasteiger partial charge in [0, 0.05) is 12.1 Å². The molecule has 1 saturated carbocycles. The third-order valence-corrected chi connectivity index (χ3v) is 2.09. The van der Waals surface area contributed by atoms with Gasteiger partial charge < -0.3 is 10.5 Å². The fourth-order valence-corrected chi connectivity index (χ4v) is 1.17. The predicted octanol–water partition coefficient (Wildman–Crippen LogP) is 1.86. The van der Waals surface area contributed by atoms with Crippen LogP contribution in [-0.4, -0.2) is 11.0 Å². The van der Waals surface area contributed by atoms with E-state index in [1.54, 1.807) is 0 Å². The summed E-state index contributed by atoms with van der Waals surface area (Å²) < 4.78 is 18.5. The van der Waals surface area contributed by atoms with Crippen LogP contribution in [0, 0.1) is 15.9 Å². The van der Waals surface area contributed by atoms with E-state index in [1.165, 1.54) is 0 Å². The molecule has 0 saturated heterocycles. The number of nitrogens with two attached hydrogens (primary N) is 1. The summed E-state index contributed by atoms with van der Waals surface area (Å²) in [5.74, 6) is -0.745. The number of nitrogens with zero attached hydrogens (tertiary/aromatic N) is 1. The molecular weight excluding hydrogens is 203 g/mol. The Labute approximate surface area is 84.8 Å². The molecule has 6 heteroatoms. The Bertz CT molecular complexity index is 418. The van der Waals surface area contributed by atoms with Gasteiger partial charge in [0.15, 0.2) is 0 Å². The third kappa shape index (κ3) is 1.98. The summed E-state index contributed by atoms with van der Waals surface area (Å²) in [6, 6.07) is 1.94. The first-order chi connectivity index (χ1) is 7.08. The minimum absolute atomic E-state index is 0.0770. The molecule has 1 aromatic rings. The molecule has 0 amide bonds. The van der Waals surface area contributed by atoms with Crippen molar-refractivity contribution in [1.29, 1.82) is 0 Å². The molecular formula is C9H9FN2O3. The lowest BCUT2D eigenvalue weighted by Gasteiger charge is -2.07. The zero-order valence-corrected chi connectivity index (χ0v) is 7.77. The molecule has 80 valence electrons. The molecule has 1 aliphatic carbocycles. The lowest BCUT2D eigenvalue weighted by Crippen LogP contribution is -2.02. The lowest BCUT2D eigenvalue weighted by atomic mass is 10.2. The molecule has 1 aromatic carbocycles. The van der Waals surface area contributed by atoms with Gasteiger partial charge in [0.2, 0.25) is 5.82 Å². The predicted molar refractivity (Wildman–Crippen MR) is 51.1 cm³/mol. The first kappa shape index (κ1) is 9.70. The zero-order valence-electron chi connectivity index (χ0n) is 7.77. The van der Waals surface area contributed by atoms with Crippen LogP contribution >= 0.6 is 0 Å². The summed E-state index contributed by atoms with van der Waals surface area (Å²) in [5, 5.41) is 10.4. The van der Waals surface area contributed by atoms with Crippen LogP contribution in [-0.2, 0) is 0 Å². The van der Waals surface area contributed by atoms with E-state index in [4.69, 9.17) is 10.5 Å². The molecule has 0 radical (unpaired) electrons. The van der Waals surface area contributed by atoms with Crippen LogP contribution in [0.25, 0.3) is 0 Å². The van der Waals surface area contributed by atoms with Gasteiger partial charge in [-0.2, -0.15) is 4.39 Å². The molecule has 2 rings (SSSR count). The molecule has 2 N–H and O–H groups in total. The second kappa shape index (κ2) is 3.38. The molecule has 0 spiro atoms. The van der Waals surface area contributed by atoms with Crippen molar-refractivity contribution in [1.82, 2.24) is 0 Å². The zero-order chi connectivity index (χ0) is 11.0. The van der Waals surface area contributed by atoms with Gasteiger partial charge in [-0.3, -0.25) is 10.1 Å². The van der Waals surface area contributed by atoms with E-state index in [0.29, 0.717) is 0 Å². The van der Waals surface area contributed by atoms with Crippen molar-refractivity contribution in [2.45, 2.75) is 18.9 Å². The van der Waals surface area contributed by atoms with Gasteiger partial charge in [-0.05, 0) is 12.8 Å². The Kier molecular flexibility index (Phi) is 2.18. The fourth-order valence-electron chi connectivity index (χ4n) is 1.17. The van der Waals surface area contributed by atoms with E-state index in [1.807, 2.05) is 0 Å². The van der Waals surface area contributed by atoms with E-state index in [0.717, 1.165) is 25.0 Å². The monoisotopic (exact) mass is 212 g/mol. The summed E-state index contributed by atoms with van der Waals surface area (Å²) in [5.41, 5.74) is 4.97. The maximum Gasteiger partial charge on any atom is 0.307 e. The van der Waals surface area contributed by atoms with E-state index in [2.05, 4.69) is 0 Å². The second-order valence-electron chi connectivity index (χ2n) is 3.42. The molecule has 0 aromatic heterocycles. The highest BCUT2D eigenvalue weighted by Gasteiger charge is 2.26. The SMILES string of the molecule is Nc1cc([N+](=O)[O-])c(F)cc1OC1CC1. The largest absolute Gasteiger partial charge is 0.488 e. The number of halogens is 1. The van der Waals surface area contributed by atoms with Crippen LogP contribution < -0.4 is 10.5 Å². The molecule has 5 nitrogen and oxygen atoms in total. The smallest absolute Gasteiger partial charge is 0.307 e. The van der Waals surface area contributed by atoms with Crippen molar-refractivity contribution >= 4 is 11.4 Å². The standard InChI is InChI=1S/C9H9FN2O3/c10-6-3-9(15-5-1-2-5)7(11)4-8(6)12(13)14/h3-5H,1-2,11H2. The van der Waals surface area contributed by atoms with Crippen molar-refractivity contribution in [2.24, 2.45) is 0 Å². The summed E-state index contributed by atoms with van der Waals surface area (Å²) in [6.07, 6.45) is 1.91. The summed E-state index contributed by atoms with van der Waals surface area (Å²) >= 11 is 0. The lowest BCUT2D eigenvalue weighted by molar-refractivity contribution is -0.387. The first-order valence-corrected chi connectivity index (χ1v) is 4.48. The number of hydrogen-bond acceptors (Lipinski definition) is 4. The van der Waals surface area contributed by atoms with Crippen molar-refractivity contribution in [3.05, 3.63) is 28.1 Å². The number of hydrogen-bond donors (Lipinski definition) is 1. The summed E-state index contributed by atoms with van der Waals surface area (Å²) in [6.45, 7) is 0. The third-order valence-electron chi connectivity index (χ3n) is 2.09. The van der Waals surface area contributed by atoms with Gasteiger partial charge in [-0.15, -0.1) is 0 Å². The highest BCUT2D eigenvalue weighted by Crippen LogP contribution is 2.34. The van der Waals surface area contributed by atoms with Crippen molar-refractivity contribution < 1.29 is 14.1 Å². The normalized spacial score (nSPS) is 15.0. The number of anilines is 1. The molecule has 0 unspecified atom stereocenters. The van der Waals surface area contributed by atoms with Gasteiger partial charge in [-0.1, -0.05) is 0 Å². The summed E-state index contributed by atoms with van der Waals surface area (Å²) in [4.78, 5) is 9.58. The minimum atomic E-state index is -0.926. The van der Waals surface area contributed by atoms with Crippen molar-refractivity contribution in [3.63, 3.8) is 0 Å². The Morgan fingerprint density at radius 3 is 2.73 bits per heavy atom. The first-order valence-electron chi connectivity index (χ1n) is 4.48. The van der Waals surface area contributed by atoms with E-state index >= 15 is 0 Å². The second-order valence-corrected chi connectivity index (χ2v) is 3.42. The molecule has 15 heavy (non-hydrogen) atoms. The Balaban J connectivity index is 2.32. The molecule has 0 atom stereocenters. The van der Waals surface area contributed by atoms with Gasteiger partial charge in [0.25, 0.3) is 0 Å². The Morgan fingerprint density at radius 2 is 2.20 bits per heavy atom. The van der Waals surface area contributed by atoms with Gasteiger partial charge in [0.1, 0.15) is 5.75 Å². The van der Waals surface area contributed by atoms with Gasteiger partial charge >= 0.3 is 5.69 Å². The topological polar surface area (TPSA) is 78.4 Å². The minimum Gasteiger partial charge on any atom is -0.488 e. The Hall–Kier alpha value is -1.85. The quantitative estimate of drug-likeness (QED) is 0.471. The van der Waals surface area contributed by atoms with E-state index in [-0.39, 0.29) is 17.5 Å². The van der Waals surface area contributed by atoms with Crippen LogP contribution in [0.4, 0.5) is 15.8 Å².